The number of hydrogen-bond donors (Lipinski definition) is 2. The van der Waals surface area contributed by atoms with Crippen molar-refractivity contribution >= 4 is 0 Å². The fourth-order valence-corrected chi connectivity index (χ4v) is 1.94. The van der Waals surface area contributed by atoms with Crippen molar-refractivity contribution in [3.05, 3.63) is 0 Å². The summed E-state index contributed by atoms with van der Waals surface area (Å²) in [7, 11) is 0. The predicted molar refractivity (Wildman–Crippen MR) is 64.0 cm³/mol. The zero-order valence-electron chi connectivity index (χ0n) is 10.2. The van der Waals surface area contributed by atoms with Crippen molar-refractivity contribution in [2.45, 2.75) is 57.5 Å². The number of nitrogens with one attached hydrogen (secondary N) is 1. The highest BCUT2D eigenvalue weighted by Crippen LogP contribution is 2.14. The van der Waals surface area contributed by atoms with Crippen LogP contribution in [-0.2, 0) is 4.74 Å². The van der Waals surface area contributed by atoms with E-state index in [9.17, 15) is 0 Å². The molecule has 1 aliphatic rings. The van der Waals surface area contributed by atoms with Crippen LogP contribution in [0, 0.1) is 0 Å². The Hall–Kier alpha value is -0.120. The van der Waals surface area contributed by atoms with Gasteiger partial charge in [-0.05, 0) is 19.8 Å². The Morgan fingerprint density at radius 1 is 1.47 bits per heavy atom. The molecule has 1 rings (SSSR count). The summed E-state index contributed by atoms with van der Waals surface area (Å²) in [5, 5.41) is 3.52. The first-order chi connectivity index (χ1) is 7.16. The largest absolute Gasteiger partial charge is 0.379 e. The molecule has 15 heavy (non-hydrogen) atoms. The van der Waals surface area contributed by atoms with Gasteiger partial charge >= 0.3 is 0 Å². The van der Waals surface area contributed by atoms with Crippen LogP contribution in [0.25, 0.3) is 0 Å². The fraction of sp³-hybridized carbons (Fsp3) is 1.00. The standard InChI is InChI=1S/C12H26N2O/c1-3-4-5-6-11(2)14-9-12(13)7-8-15-10-12/h11,14H,3-10,13H2,1-2H3. The van der Waals surface area contributed by atoms with Crippen molar-refractivity contribution in [2.24, 2.45) is 5.73 Å². The lowest BCUT2D eigenvalue weighted by Crippen LogP contribution is -2.51. The lowest BCUT2D eigenvalue weighted by atomic mass is 9.99. The molecular weight excluding hydrogens is 188 g/mol. The Kier molecular flexibility index (Phi) is 5.58. The van der Waals surface area contributed by atoms with Gasteiger partial charge in [-0.15, -0.1) is 0 Å². The smallest absolute Gasteiger partial charge is 0.0659 e. The topological polar surface area (TPSA) is 47.3 Å². The van der Waals surface area contributed by atoms with Gasteiger partial charge in [0.15, 0.2) is 0 Å². The third-order valence-corrected chi connectivity index (χ3v) is 3.18. The third kappa shape index (κ3) is 4.96. The summed E-state index contributed by atoms with van der Waals surface area (Å²) in [5.74, 6) is 0. The summed E-state index contributed by atoms with van der Waals surface area (Å²) >= 11 is 0. The molecule has 0 aromatic heterocycles. The van der Waals surface area contributed by atoms with E-state index >= 15 is 0 Å². The van der Waals surface area contributed by atoms with Crippen molar-refractivity contribution in [3.63, 3.8) is 0 Å². The lowest BCUT2D eigenvalue weighted by molar-refractivity contribution is 0.176. The average molecular weight is 214 g/mol. The number of rotatable bonds is 7. The summed E-state index contributed by atoms with van der Waals surface area (Å²) in [6.45, 7) is 6.90. The van der Waals surface area contributed by atoms with Crippen LogP contribution in [0.15, 0.2) is 0 Å². The summed E-state index contributed by atoms with van der Waals surface area (Å²) in [6, 6.07) is 0.581. The van der Waals surface area contributed by atoms with Gasteiger partial charge in [-0.2, -0.15) is 0 Å². The second-order valence-electron chi connectivity index (χ2n) is 4.94. The van der Waals surface area contributed by atoms with Gasteiger partial charge < -0.3 is 15.8 Å². The van der Waals surface area contributed by atoms with E-state index in [1.807, 2.05) is 0 Å². The average Bonchev–Trinajstić information content (AvgIpc) is 2.64. The summed E-state index contributed by atoms with van der Waals surface area (Å²) in [5.41, 5.74) is 6.06. The molecule has 0 spiro atoms. The maximum absolute atomic E-state index is 6.17. The van der Waals surface area contributed by atoms with Crippen molar-refractivity contribution < 1.29 is 4.74 Å². The Bertz CT molecular complexity index is 167. The van der Waals surface area contributed by atoms with Crippen LogP contribution in [0.1, 0.15) is 46.0 Å². The first-order valence-electron chi connectivity index (χ1n) is 6.26. The second kappa shape index (κ2) is 6.46. The van der Waals surface area contributed by atoms with Crippen LogP contribution < -0.4 is 11.1 Å². The van der Waals surface area contributed by atoms with Crippen LogP contribution >= 0.6 is 0 Å². The SMILES string of the molecule is CCCCCC(C)NCC1(N)CCOC1. The molecule has 2 atom stereocenters. The maximum atomic E-state index is 6.17. The fourth-order valence-electron chi connectivity index (χ4n) is 1.94. The number of nitrogens with two attached hydrogens (primary N) is 1. The van der Waals surface area contributed by atoms with E-state index in [0.717, 1.165) is 19.6 Å². The molecule has 3 heteroatoms. The second-order valence-corrected chi connectivity index (χ2v) is 4.94. The molecular formula is C12H26N2O. The normalized spacial score (nSPS) is 28.2. The highest BCUT2D eigenvalue weighted by atomic mass is 16.5. The van der Waals surface area contributed by atoms with E-state index in [-0.39, 0.29) is 5.54 Å². The van der Waals surface area contributed by atoms with Gasteiger partial charge in [0.2, 0.25) is 0 Å². The molecule has 0 aliphatic carbocycles. The molecule has 3 nitrogen and oxygen atoms in total. The van der Waals surface area contributed by atoms with E-state index in [2.05, 4.69) is 19.2 Å². The van der Waals surface area contributed by atoms with Crippen LogP contribution in [0.2, 0.25) is 0 Å². The predicted octanol–water partition coefficient (Wildman–Crippen LogP) is 1.66. The Morgan fingerprint density at radius 2 is 2.27 bits per heavy atom. The van der Waals surface area contributed by atoms with Crippen LogP contribution in [0.3, 0.4) is 0 Å². The highest BCUT2D eigenvalue weighted by molar-refractivity contribution is 4.90. The minimum absolute atomic E-state index is 0.112. The first-order valence-corrected chi connectivity index (χ1v) is 6.26. The maximum Gasteiger partial charge on any atom is 0.0659 e. The van der Waals surface area contributed by atoms with E-state index in [0.29, 0.717) is 12.6 Å². The van der Waals surface area contributed by atoms with Gasteiger partial charge in [0.1, 0.15) is 0 Å². The van der Waals surface area contributed by atoms with Gasteiger partial charge in [-0.25, -0.2) is 0 Å². The molecule has 1 fully saturated rings. The Labute approximate surface area is 93.8 Å². The van der Waals surface area contributed by atoms with Gasteiger partial charge in [0.05, 0.1) is 12.1 Å². The lowest BCUT2D eigenvalue weighted by Gasteiger charge is -2.25. The molecule has 0 saturated carbocycles. The molecule has 3 N–H and O–H groups in total. The van der Waals surface area contributed by atoms with Crippen molar-refractivity contribution in [3.8, 4) is 0 Å². The molecule has 0 bridgehead atoms. The third-order valence-electron chi connectivity index (χ3n) is 3.18. The monoisotopic (exact) mass is 214 g/mol. The minimum Gasteiger partial charge on any atom is -0.379 e. The van der Waals surface area contributed by atoms with E-state index in [1.165, 1.54) is 25.7 Å². The van der Waals surface area contributed by atoms with Gasteiger partial charge in [0.25, 0.3) is 0 Å². The Morgan fingerprint density at radius 3 is 2.87 bits per heavy atom. The van der Waals surface area contributed by atoms with Gasteiger partial charge in [-0.3, -0.25) is 0 Å². The zero-order chi connectivity index (χ0) is 11.1. The van der Waals surface area contributed by atoms with Crippen LogP contribution in [0.5, 0.6) is 0 Å². The summed E-state index contributed by atoms with van der Waals surface area (Å²) in [6.07, 6.45) is 6.19. The van der Waals surface area contributed by atoms with Crippen LogP contribution in [-0.4, -0.2) is 31.3 Å². The van der Waals surface area contributed by atoms with Crippen LogP contribution in [0.4, 0.5) is 0 Å². The summed E-state index contributed by atoms with van der Waals surface area (Å²) in [4.78, 5) is 0. The number of hydrogen-bond acceptors (Lipinski definition) is 3. The minimum atomic E-state index is -0.112. The number of unbranched alkanes of at least 4 members (excludes halogenated alkanes) is 2. The van der Waals surface area contributed by atoms with E-state index in [1.54, 1.807) is 0 Å². The Balaban J connectivity index is 2.07. The zero-order valence-corrected chi connectivity index (χ0v) is 10.2. The molecule has 0 amide bonds. The molecule has 90 valence electrons. The van der Waals surface area contributed by atoms with E-state index in [4.69, 9.17) is 10.5 Å². The van der Waals surface area contributed by atoms with Crippen molar-refractivity contribution in [1.29, 1.82) is 0 Å². The molecule has 1 heterocycles. The molecule has 2 unspecified atom stereocenters. The molecule has 0 aromatic carbocycles. The van der Waals surface area contributed by atoms with Crippen molar-refractivity contribution in [2.75, 3.05) is 19.8 Å². The molecule has 1 aliphatic heterocycles. The van der Waals surface area contributed by atoms with Gasteiger partial charge in [0, 0.05) is 19.2 Å². The quantitative estimate of drug-likeness (QED) is 0.634. The molecule has 0 aromatic rings. The highest BCUT2D eigenvalue weighted by Gasteiger charge is 2.30. The van der Waals surface area contributed by atoms with Gasteiger partial charge in [-0.1, -0.05) is 26.2 Å². The first kappa shape index (κ1) is 12.9. The van der Waals surface area contributed by atoms with E-state index < -0.39 is 0 Å². The van der Waals surface area contributed by atoms with Crippen molar-refractivity contribution in [1.82, 2.24) is 5.32 Å². The number of ether oxygens (including phenoxy) is 1. The molecule has 1 saturated heterocycles. The molecule has 0 radical (unpaired) electrons. The summed E-state index contributed by atoms with van der Waals surface area (Å²) < 4.78 is 5.33.